The van der Waals surface area contributed by atoms with Gasteiger partial charge in [0.25, 0.3) is 0 Å². The lowest BCUT2D eigenvalue weighted by Crippen LogP contribution is -2.36. The standard InChI is InChI=1S/C16H28N2O/c1-5-7-17-15(12-19)6-8-18(4)16-10-13(2)9-14(3)11-16/h9-11,15,17,19H,5-8,12H2,1-4H3. The smallest absolute Gasteiger partial charge is 0.0585 e. The molecular formula is C16H28N2O. The molecule has 1 aromatic rings. The molecule has 0 radical (unpaired) electrons. The first-order valence-corrected chi connectivity index (χ1v) is 7.20. The summed E-state index contributed by atoms with van der Waals surface area (Å²) in [5.74, 6) is 0. The van der Waals surface area contributed by atoms with Crippen molar-refractivity contribution in [1.82, 2.24) is 5.32 Å². The third kappa shape index (κ3) is 5.62. The summed E-state index contributed by atoms with van der Waals surface area (Å²) in [5, 5.41) is 12.7. The number of rotatable bonds is 8. The van der Waals surface area contributed by atoms with Crippen LogP contribution in [0.5, 0.6) is 0 Å². The lowest BCUT2D eigenvalue weighted by molar-refractivity contribution is 0.237. The predicted octanol–water partition coefficient (Wildman–Crippen LogP) is 2.49. The summed E-state index contributed by atoms with van der Waals surface area (Å²) >= 11 is 0. The Balaban J connectivity index is 2.51. The fraction of sp³-hybridized carbons (Fsp3) is 0.625. The van der Waals surface area contributed by atoms with Gasteiger partial charge in [-0.3, -0.25) is 0 Å². The molecule has 19 heavy (non-hydrogen) atoms. The topological polar surface area (TPSA) is 35.5 Å². The van der Waals surface area contributed by atoms with Crippen LogP contribution in [0.1, 0.15) is 30.9 Å². The number of hydrogen-bond donors (Lipinski definition) is 2. The van der Waals surface area contributed by atoms with E-state index in [-0.39, 0.29) is 12.6 Å². The predicted molar refractivity (Wildman–Crippen MR) is 83.0 cm³/mol. The molecule has 0 bridgehead atoms. The van der Waals surface area contributed by atoms with E-state index < -0.39 is 0 Å². The maximum absolute atomic E-state index is 9.34. The summed E-state index contributed by atoms with van der Waals surface area (Å²) in [6, 6.07) is 6.81. The monoisotopic (exact) mass is 264 g/mol. The van der Waals surface area contributed by atoms with E-state index in [4.69, 9.17) is 0 Å². The maximum Gasteiger partial charge on any atom is 0.0585 e. The van der Waals surface area contributed by atoms with Crippen molar-refractivity contribution in [3.05, 3.63) is 29.3 Å². The second-order valence-electron chi connectivity index (χ2n) is 5.39. The zero-order chi connectivity index (χ0) is 14.3. The van der Waals surface area contributed by atoms with Crippen LogP contribution < -0.4 is 10.2 Å². The summed E-state index contributed by atoms with van der Waals surface area (Å²) in [6.07, 6.45) is 2.06. The van der Waals surface area contributed by atoms with Gasteiger partial charge in [-0.1, -0.05) is 13.0 Å². The van der Waals surface area contributed by atoms with E-state index in [2.05, 4.69) is 56.2 Å². The van der Waals surface area contributed by atoms with Gasteiger partial charge < -0.3 is 15.3 Å². The molecule has 0 aliphatic carbocycles. The number of nitrogens with one attached hydrogen (secondary N) is 1. The quantitative estimate of drug-likeness (QED) is 0.757. The van der Waals surface area contributed by atoms with Gasteiger partial charge in [-0.2, -0.15) is 0 Å². The van der Waals surface area contributed by atoms with Gasteiger partial charge in [0.1, 0.15) is 0 Å². The molecular weight excluding hydrogens is 236 g/mol. The SMILES string of the molecule is CCCNC(CO)CCN(C)c1cc(C)cc(C)c1. The van der Waals surface area contributed by atoms with E-state index in [1.807, 2.05) is 0 Å². The number of aliphatic hydroxyl groups is 1. The minimum atomic E-state index is 0.202. The first-order chi connectivity index (χ1) is 9.06. The van der Waals surface area contributed by atoms with Gasteiger partial charge in [-0.05, 0) is 56.5 Å². The summed E-state index contributed by atoms with van der Waals surface area (Å²) in [5.41, 5.74) is 3.85. The van der Waals surface area contributed by atoms with Gasteiger partial charge in [0, 0.05) is 25.3 Å². The molecule has 0 aromatic heterocycles. The van der Waals surface area contributed by atoms with Gasteiger partial charge in [-0.15, -0.1) is 0 Å². The zero-order valence-electron chi connectivity index (χ0n) is 12.7. The van der Waals surface area contributed by atoms with Crippen molar-refractivity contribution in [2.75, 3.05) is 31.6 Å². The average Bonchev–Trinajstić information content (AvgIpc) is 2.37. The molecule has 0 aliphatic heterocycles. The van der Waals surface area contributed by atoms with Gasteiger partial charge in [0.2, 0.25) is 0 Å². The van der Waals surface area contributed by atoms with Crippen LogP contribution >= 0.6 is 0 Å². The molecule has 1 atom stereocenters. The van der Waals surface area contributed by atoms with Gasteiger partial charge in [0.15, 0.2) is 0 Å². The van der Waals surface area contributed by atoms with Crippen LogP contribution in [0, 0.1) is 13.8 Å². The van der Waals surface area contributed by atoms with Crippen molar-refractivity contribution >= 4 is 5.69 Å². The molecule has 3 nitrogen and oxygen atoms in total. The Morgan fingerprint density at radius 3 is 2.37 bits per heavy atom. The lowest BCUT2D eigenvalue weighted by Gasteiger charge is -2.23. The normalized spacial score (nSPS) is 12.5. The fourth-order valence-corrected chi connectivity index (χ4v) is 2.26. The Morgan fingerprint density at radius 2 is 1.84 bits per heavy atom. The molecule has 3 heteroatoms. The molecule has 1 rings (SSSR count). The minimum Gasteiger partial charge on any atom is -0.395 e. The van der Waals surface area contributed by atoms with Crippen molar-refractivity contribution in [2.45, 2.75) is 39.7 Å². The Hall–Kier alpha value is -1.06. The summed E-state index contributed by atoms with van der Waals surface area (Å²) in [6.45, 7) is 8.53. The molecule has 1 aromatic carbocycles. The first-order valence-electron chi connectivity index (χ1n) is 7.20. The van der Waals surface area contributed by atoms with Crippen LogP contribution in [0.15, 0.2) is 18.2 Å². The number of aryl methyl sites for hydroxylation is 2. The number of hydrogen-bond acceptors (Lipinski definition) is 3. The van der Waals surface area contributed by atoms with Crippen LogP contribution in [0.3, 0.4) is 0 Å². The van der Waals surface area contributed by atoms with E-state index in [9.17, 15) is 5.11 Å². The van der Waals surface area contributed by atoms with Crippen LogP contribution in [0.25, 0.3) is 0 Å². The third-order valence-corrected chi connectivity index (χ3v) is 3.36. The lowest BCUT2D eigenvalue weighted by atomic mass is 10.1. The van der Waals surface area contributed by atoms with Crippen molar-refractivity contribution in [3.63, 3.8) is 0 Å². The molecule has 0 saturated carbocycles. The van der Waals surface area contributed by atoms with E-state index in [1.165, 1.54) is 16.8 Å². The van der Waals surface area contributed by atoms with Crippen molar-refractivity contribution < 1.29 is 5.11 Å². The summed E-state index contributed by atoms with van der Waals surface area (Å²) < 4.78 is 0. The Labute approximate surface area is 117 Å². The largest absolute Gasteiger partial charge is 0.395 e. The molecule has 0 aliphatic rings. The molecule has 0 fully saturated rings. The number of benzene rings is 1. The molecule has 0 spiro atoms. The van der Waals surface area contributed by atoms with Gasteiger partial charge in [0.05, 0.1) is 6.61 Å². The summed E-state index contributed by atoms with van der Waals surface area (Å²) in [4.78, 5) is 2.26. The van der Waals surface area contributed by atoms with Crippen LogP contribution in [0.2, 0.25) is 0 Å². The number of anilines is 1. The minimum absolute atomic E-state index is 0.202. The van der Waals surface area contributed by atoms with E-state index >= 15 is 0 Å². The van der Waals surface area contributed by atoms with Crippen molar-refractivity contribution in [3.8, 4) is 0 Å². The molecule has 108 valence electrons. The highest BCUT2D eigenvalue weighted by Gasteiger charge is 2.08. The maximum atomic E-state index is 9.34. The highest BCUT2D eigenvalue weighted by molar-refractivity contribution is 5.50. The molecule has 0 saturated heterocycles. The van der Waals surface area contributed by atoms with Crippen LogP contribution in [-0.4, -0.2) is 37.9 Å². The first kappa shape index (κ1) is 16.0. The number of aliphatic hydroxyl groups excluding tert-OH is 1. The third-order valence-electron chi connectivity index (χ3n) is 3.36. The van der Waals surface area contributed by atoms with E-state index in [0.29, 0.717) is 0 Å². The summed E-state index contributed by atoms with van der Waals surface area (Å²) in [7, 11) is 2.11. The average molecular weight is 264 g/mol. The molecule has 2 N–H and O–H groups in total. The van der Waals surface area contributed by atoms with Crippen molar-refractivity contribution in [2.24, 2.45) is 0 Å². The Bertz CT molecular complexity index is 359. The second kappa shape index (κ2) is 8.18. The van der Waals surface area contributed by atoms with Crippen LogP contribution in [0.4, 0.5) is 5.69 Å². The van der Waals surface area contributed by atoms with E-state index in [1.54, 1.807) is 0 Å². The second-order valence-corrected chi connectivity index (χ2v) is 5.39. The zero-order valence-corrected chi connectivity index (χ0v) is 12.7. The number of nitrogens with zero attached hydrogens (tertiary/aromatic N) is 1. The Morgan fingerprint density at radius 1 is 1.21 bits per heavy atom. The van der Waals surface area contributed by atoms with E-state index in [0.717, 1.165) is 25.9 Å². The van der Waals surface area contributed by atoms with Crippen LogP contribution in [-0.2, 0) is 0 Å². The molecule has 1 unspecified atom stereocenters. The van der Waals surface area contributed by atoms with Gasteiger partial charge in [-0.25, -0.2) is 0 Å². The van der Waals surface area contributed by atoms with Crippen molar-refractivity contribution in [1.29, 1.82) is 0 Å². The Kier molecular flexibility index (Phi) is 6.89. The highest BCUT2D eigenvalue weighted by atomic mass is 16.3. The highest BCUT2D eigenvalue weighted by Crippen LogP contribution is 2.17. The fourth-order valence-electron chi connectivity index (χ4n) is 2.26. The molecule has 0 amide bonds. The molecule has 0 heterocycles. The van der Waals surface area contributed by atoms with Gasteiger partial charge >= 0.3 is 0 Å².